The third kappa shape index (κ3) is 4.17. The Morgan fingerprint density at radius 2 is 1.89 bits per heavy atom. The van der Waals surface area contributed by atoms with Gasteiger partial charge < -0.3 is 5.73 Å². The Hall–Kier alpha value is -1.31. The fraction of sp³-hybridized carbons (Fsp3) is 0.800. The smallest absolute Gasteiger partial charge is 0.368 e. The van der Waals surface area contributed by atoms with E-state index < -0.39 is 36.4 Å². The van der Waals surface area contributed by atoms with Gasteiger partial charge in [0, 0.05) is 0 Å². The Balaban J connectivity index is 2.55. The summed E-state index contributed by atoms with van der Waals surface area (Å²) in [7, 11) is 0. The fourth-order valence-electron chi connectivity index (χ4n) is 2.09. The minimum absolute atomic E-state index is 0.0581. The van der Waals surface area contributed by atoms with Crippen molar-refractivity contribution in [3.8, 4) is 0 Å². The highest BCUT2D eigenvalue weighted by atomic mass is 19.4. The van der Waals surface area contributed by atoms with Crippen molar-refractivity contribution >= 4 is 11.8 Å². The molecule has 1 aliphatic rings. The van der Waals surface area contributed by atoms with Crippen molar-refractivity contribution in [3.05, 3.63) is 0 Å². The molecule has 0 aromatic rings. The molecule has 104 valence electrons. The first-order chi connectivity index (χ1) is 8.32. The lowest BCUT2D eigenvalue weighted by molar-refractivity contribution is -0.201. The van der Waals surface area contributed by atoms with Gasteiger partial charge in [-0.1, -0.05) is 12.8 Å². The predicted octanol–water partition coefficient (Wildman–Crippen LogP) is 0.888. The van der Waals surface area contributed by atoms with Crippen LogP contribution in [0.25, 0.3) is 0 Å². The van der Waals surface area contributed by atoms with Crippen LogP contribution in [0, 0.1) is 11.8 Å². The molecule has 0 aliphatic heterocycles. The van der Waals surface area contributed by atoms with Gasteiger partial charge in [-0.3, -0.25) is 14.4 Å². The van der Waals surface area contributed by atoms with Crippen LogP contribution in [0.5, 0.6) is 0 Å². The highest BCUT2D eigenvalue weighted by Gasteiger charge is 2.48. The van der Waals surface area contributed by atoms with Gasteiger partial charge in [0.1, 0.15) is 0 Å². The average molecular weight is 268 g/mol. The molecule has 0 bridgehead atoms. The molecule has 2 amide bonds. The molecule has 5 nitrogen and oxygen atoms in total. The van der Waals surface area contributed by atoms with E-state index in [4.69, 9.17) is 5.73 Å². The first-order valence-electron chi connectivity index (χ1n) is 5.59. The molecule has 0 heterocycles. The van der Waals surface area contributed by atoms with Crippen LogP contribution >= 0.6 is 0 Å². The van der Waals surface area contributed by atoms with Crippen LogP contribution in [-0.4, -0.2) is 24.6 Å². The number of carbonyl (C=O) groups is 2. The summed E-state index contributed by atoms with van der Waals surface area (Å²) >= 11 is 0. The molecule has 0 aromatic carbocycles. The summed E-state index contributed by atoms with van der Waals surface area (Å²) in [6.07, 6.45) is -3.27. The van der Waals surface area contributed by atoms with Crippen molar-refractivity contribution in [1.29, 1.82) is 0 Å². The Bertz CT molecular complexity index is 320. The van der Waals surface area contributed by atoms with Gasteiger partial charge in [0.15, 0.2) is 6.61 Å². The lowest BCUT2D eigenvalue weighted by Crippen LogP contribution is -2.43. The zero-order valence-electron chi connectivity index (χ0n) is 9.63. The van der Waals surface area contributed by atoms with E-state index in [1.54, 1.807) is 0 Å². The fourth-order valence-corrected chi connectivity index (χ4v) is 2.09. The van der Waals surface area contributed by atoms with Gasteiger partial charge in [-0.15, -0.1) is 0 Å². The maximum atomic E-state index is 12.7. The maximum Gasteiger partial charge on any atom is 0.392 e. The number of nitrogens with two attached hydrogens (primary N) is 1. The number of hydroxylamine groups is 1. The van der Waals surface area contributed by atoms with E-state index in [9.17, 15) is 22.8 Å². The summed E-state index contributed by atoms with van der Waals surface area (Å²) in [5.41, 5.74) is 6.60. The van der Waals surface area contributed by atoms with E-state index in [2.05, 4.69) is 4.84 Å². The molecule has 18 heavy (non-hydrogen) atoms. The van der Waals surface area contributed by atoms with E-state index in [0.717, 1.165) is 0 Å². The molecule has 2 atom stereocenters. The predicted molar refractivity (Wildman–Crippen MR) is 54.8 cm³/mol. The normalized spacial score (nSPS) is 24.6. The Morgan fingerprint density at radius 3 is 2.44 bits per heavy atom. The number of alkyl halides is 3. The third-order valence-corrected chi connectivity index (χ3v) is 2.91. The van der Waals surface area contributed by atoms with Crippen LogP contribution in [0.4, 0.5) is 13.2 Å². The highest BCUT2D eigenvalue weighted by molar-refractivity contribution is 5.79. The molecular formula is C10H15F3N2O3. The SMILES string of the molecule is NC(=O)CONC(=O)C1CCCCC1C(F)(F)F. The van der Waals surface area contributed by atoms with Crippen molar-refractivity contribution in [2.75, 3.05) is 6.61 Å². The van der Waals surface area contributed by atoms with Gasteiger partial charge in [-0.2, -0.15) is 13.2 Å². The van der Waals surface area contributed by atoms with Crippen molar-refractivity contribution < 1.29 is 27.6 Å². The van der Waals surface area contributed by atoms with Crippen LogP contribution in [0.3, 0.4) is 0 Å². The van der Waals surface area contributed by atoms with Crippen LogP contribution in [-0.2, 0) is 14.4 Å². The second-order valence-corrected chi connectivity index (χ2v) is 4.26. The number of primary amides is 1. The first-order valence-corrected chi connectivity index (χ1v) is 5.59. The van der Waals surface area contributed by atoms with Crippen LogP contribution in [0.1, 0.15) is 25.7 Å². The van der Waals surface area contributed by atoms with Crippen LogP contribution in [0.15, 0.2) is 0 Å². The summed E-state index contributed by atoms with van der Waals surface area (Å²) in [5.74, 6) is -4.47. The molecule has 0 saturated heterocycles. The van der Waals surface area contributed by atoms with Crippen molar-refractivity contribution in [3.63, 3.8) is 0 Å². The number of rotatable bonds is 4. The number of halogens is 3. The Morgan fingerprint density at radius 1 is 1.28 bits per heavy atom. The lowest BCUT2D eigenvalue weighted by atomic mass is 9.78. The van der Waals surface area contributed by atoms with E-state index in [0.29, 0.717) is 12.8 Å². The first kappa shape index (κ1) is 14.7. The standard InChI is InChI=1S/C10H15F3N2O3/c11-10(12,13)7-4-2-1-3-6(7)9(17)15-18-5-8(14)16/h6-7H,1-5H2,(H2,14,16)(H,15,17). The average Bonchev–Trinajstić information content (AvgIpc) is 2.27. The molecule has 0 aromatic heterocycles. The molecule has 1 aliphatic carbocycles. The van der Waals surface area contributed by atoms with Gasteiger partial charge in [-0.05, 0) is 12.8 Å². The largest absolute Gasteiger partial charge is 0.392 e. The molecule has 1 saturated carbocycles. The number of amides is 2. The quantitative estimate of drug-likeness (QED) is 0.743. The number of hydrogen-bond acceptors (Lipinski definition) is 3. The monoisotopic (exact) mass is 268 g/mol. The highest BCUT2D eigenvalue weighted by Crippen LogP contribution is 2.41. The van der Waals surface area contributed by atoms with Gasteiger partial charge >= 0.3 is 6.18 Å². The molecule has 1 fully saturated rings. The van der Waals surface area contributed by atoms with Gasteiger partial charge in [-0.25, -0.2) is 5.48 Å². The summed E-state index contributed by atoms with van der Waals surface area (Å²) in [6, 6.07) is 0. The van der Waals surface area contributed by atoms with E-state index in [1.807, 2.05) is 5.48 Å². The van der Waals surface area contributed by atoms with Gasteiger partial charge in [0.05, 0.1) is 11.8 Å². The topological polar surface area (TPSA) is 81.4 Å². The second-order valence-electron chi connectivity index (χ2n) is 4.26. The number of hydrogen-bond donors (Lipinski definition) is 2. The van der Waals surface area contributed by atoms with E-state index in [-0.39, 0.29) is 12.8 Å². The Kier molecular flexibility index (Phi) is 4.94. The van der Waals surface area contributed by atoms with Gasteiger partial charge in [0.2, 0.25) is 11.8 Å². The molecule has 8 heteroatoms. The number of nitrogens with one attached hydrogen (secondary N) is 1. The molecule has 0 spiro atoms. The molecule has 0 radical (unpaired) electrons. The zero-order valence-corrected chi connectivity index (χ0v) is 9.63. The summed E-state index contributed by atoms with van der Waals surface area (Å²) in [4.78, 5) is 26.3. The second kappa shape index (κ2) is 6.03. The van der Waals surface area contributed by atoms with Crippen molar-refractivity contribution in [2.24, 2.45) is 17.6 Å². The number of carbonyl (C=O) groups excluding carboxylic acids is 2. The summed E-state index contributed by atoms with van der Waals surface area (Å²) < 4.78 is 38.1. The van der Waals surface area contributed by atoms with Crippen LogP contribution < -0.4 is 11.2 Å². The molecular weight excluding hydrogens is 253 g/mol. The molecule has 1 rings (SSSR count). The van der Waals surface area contributed by atoms with Crippen LogP contribution in [0.2, 0.25) is 0 Å². The minimum atomic E-state index is -4.40. The minimum Gasteiger partial charge on any atom is -0.368 e. The van der Waals surface area contributed by atoms with Crippen molar-refractivity contribution in [2.45, 2.75) is 31.9 Å². The zero-order chi connectivity index (χ0) is 13.8. The van der Waals surface area contributed by atoms with Crippen molar-refractivity contribution in [1.82, 2.24) is 5.48 Å². The lowest BCUT2D eigenvalue weighted by Gasteiger charge is -2.31. The Labute approximate surface area is 102 Å². The molecule has 2 unspecified atom stereocenters. The van der Waals surface area contributed by atoms with E-state index in [1.165, 1.54) is 0 Å². The maximum absolute atomic E-state index is 12.7. The third-order valence-electron chi connectivity index (χ3n) is 2.91. The summed E-state index contributed by atoms with van der Waals surface area (Å²) in [6.45, 7) is -0.560. The molecule has 3 N–H and O–H groups in total. The van der Waals surface area contributed by atoms with Gasteiger partial charge in [0.25, 0.3) is 0 Å². The van der Waals surface area contributed by atoms with E-state index >= 15 is 0 Å². The summed E-state index contributed by atoms with van der Waals surface area (Å²) in [5, 5.41) is 0.